The van der Waals surface area contributed by atoms with Gasteiger partial charge in [0, 0.05) is 6.42 Å². The van der Waals surface area contributed by atoms with Gasteiger partial charge in [0.15, 0.2) is 0 Å². The molecule has 85 heavy (non-hydrogen) atoms. The number of benzene rings is 1. The molecule has 478 valence electrons. The molecule has 16 atom stereocenters. The molecule has 11 amide bonds. The zero-order valence-corrected chi connectivity index (χ0v) is 51.0. The topological polar surface area (TPSA) is 439 Å². The molecule has 1 heterocycles. The van der Waals surface area contributed by atoms with Crippen molar-refractivity contribution in [2.24, 2.45) is 35.1 Å². The van der Waals surface area contributed by atoms with Crippen LogP contribution < -0.4 is 70.0 Å². The van der Waals surface area contributed by atoms with Crippen LogP contribution in [0.3, 0.4) is 0 Å². The Morgan fingerprint density at radius 3 is 1.54 bits per heavy atom. The molecule has 1 aliphatic rings. The van der Waals surface area contributed by atoms with E-state index >= 15 is 0 Å². The Morgan fingerprint density at radius 1 is 0.600 bits per heavy atom. The van der Waals surface area contributed by atoms with Crippen LogP contribution in [-0.2, 0) is 68.7 Å². The molecule has 0 aliphatic carbocycles. The van der Waals surface area contributed by atoms with Crippen molar-refractivity contribution < 1.29 is 72.5 Å². The Morgan fingerprint density at radius 2 is 1.07 bits per heavy atom. The summed E-state index contributed by atoms with van der Waals surface area (Å²) in [5, 5.41) is 49.2. The first-order valence-corrected chi connectivity index (χ1v) is 29.3. The van der Waals surface area contributed by atoms with Crippen LogP contribution in [0.4, 0.5) is 0 Å². The number of hydrogen-bond acceptors (Lipinski definition) is 17. The van der Waals surface area contributed by atoms with Crippen LogP contribution in [0, 0.1) is 23.7 Å². The van der Waals surface area contributed by atoms with E-state index in [1.807, 2.05) is 30.3 Å². The number of cyclic esters (lactones) is 1. The molecule has 0 unspecified atom stereocenters. The summed E-state index contributed by atoms with van der Waals surface area (Å²) in [6.07, 6.45) is -0.240. The molecule has 17 N–H and O–H groups in total. The van der Waals surface area contributed by atoms with Crippen LogP contribution in [0.5, 0.6) is 0 Å². The van der Waals surface area contributed by atoms with Gasteiger partial charge in [-0.25, -0.2) is 4.79 Å². The van der Waals surface area contributed by atoms with Crippen LogP contribution in [0.25, 0.3) is 0 Å². The SMILES string of the molecule is CC[C@@H](C)[C@@H](NC(=O)[C@H](CCC(N)=O)NC(=O)[C@H](CO)NC(=O)[C@@H](NC(=O)[C@@H](Cc1ccccc1)NC)[C@@H](C)CC)C(=O)N[C@H](C(=O)N[C@@H](CO)C(=O)N[C@H]1C(=O)N[C@@H](C)C(=O)N[C@@H](CCCN)C(=O)N[C@@H]([C@@H](C)CC)C(=O)O[C@H]1C)[C@@H](C)CC. The minimum atomic E-state index is -1.81. The molecule has 28 nitrogen and oxygen atoms in total. The number of likely N-dealkylation sites (N-methyl/N-ethyl adjacent to an activating group) is 1. The number of primary amides is 1. The molecular formula is C57H95N13O15. The summed E-state index contributed by atoms with van der Waals surface area (Å²) in [7, 11) is 1.60. The van der Waals surface area contributed by atoms with Crippen molar-refractivity contribution in [2.45, 2.75) is 200 Å². The highest BCUT2D eigenvalue weighted by atomic mass is 16.5. The molecule has 0 spiro atoms. The third kappa shape index (κ3) is 23.2. The summed E-state index contributed by atoms with van der Waals surface area (Å²) >= 11 is 0. The highest BCUT2D eigenvalue weighted by molar-refractivity contribution is 5.99. The smallest absolute Gasteiger partial charge is 0.329 e. The van der Waals surface area contributed by atoms with Gasteiger partial charge in [-0.3, -0.25) is 52.7 Å². The number of rotatable bonds is 33. The van der Waals surface area contributed by atoms with Gasteiger partial charge in [-0.2, -0.15) is 0 Å². The minimum Gasteiger partial charge on any atom is -0.458 e. The van der Waals surface area contributed by atoms with Crippen LogP contribution in [0.15, 0.2) is 30.3 Å². The van der Waals surface area contributed by atoms with Crippen LogP contribution in [-0.4, -0.2) is 181 Å². The van der Waals surface area contributed by atoms with Gasteiger partial charge in [0.25, 0.3) is 0 Å². The van der Waals surface area contributed by atoms with Crippen LogP contribution >= 0.6 is 0 Å². The van der Waals surface area contributed by atoms with Gasteiger partial charge in [-0.15, -0.1) is 0 Å². The summed E-state index contributed by atoms with van der Waals surface area (Å²) in [5.74, 6) is -13.0. The van der Waals surface area contributed by atoms with Crippen molar-refractivity contribution in [2.75, 3.05) is 26.8 Å². The third-order valence-corrected chi connectivity index (χ3v) is 15.5. The number of aliphatic hydroxyl groups is 2. The second-order valence-electron chi connectivity index (χ2n) is 21.9. The average molecular weight is 1200 g/mol. The Hall–Kier alpha value is -7.30. The standard InChI is InChI=1S/C57H95N13O15/c1-12-29(5)42(67-50(77)38(60-11)26-35-20-17-16-18-21-35)53(80)64-39(27-71)51(78)63-37(23-24-41(59)73)49(76)66-44(31(7)14-3)55(82)68-43(30(6)13-2)54(81)65-40(28-72)52(79)70-46-34(10)85-57(84)45(32(8)15-4)69-48(75)36(22-19-25-58)62-47(74)33(9)61-56(46)83/h16-18,20-21,29-34,36-40,42-46,60,71-72H,12-15,19,22-28,58H2,1-11H3,(H2,59,73)(H,61,83)(H,62,74)(H,63,78)(H,64,80)(H,65,81)(H,66,76)(H,67,77)(H,68,82)(H,69,75)(H,70,79)/t29-,30-,31+,32-,33-,34-,36-,37-,38+,39-,40-,42-,43-,44+,45-,46+/m0/s1. The fourth-order valence-electron chi connectivity index (χ4n) is 8.92. The number of aliphatic hydroxyl groups excluding tert-OH is 2. The van der Waals surface area contributed by atoms with E-state index in [4.69, 9.17) is 16.2 Å². The predicted octanol–water partition coefficient (Wildman–Crippen LogP) is -3.20. The molecule has 0 saturated carbocycles. The zero-order chi connectivity index (χ0) is 64.2. The number of amides is 11. The van der Waals surface area contributed by atoms with E-state index in [2.05, 4.69) is 58.5 Å². The maximum Gasteiger partial charge on any atom is 0.329 e. The number of nitrogens with one attached hydrogen (secondary N) is 11. The third-order valence-electron chi connectivity index (χ3n) is 15.5. The molecular weight excluding hydrogens is 1110 g/mol. The molecule has 1 fully saturated rings. The van der Waals surface area contributed by atoms with Crippen LogP contribution in [0.2, 0.25) is 0 Å². The molecule has 1 aromatic carbocycles. The largest absolute Gasteiger partial charge is 0.458 e. The molecule has 28 heteroatoms. The summed E-state index contributed by atoms with van der Waals surface area (Å²) in [4.78, 5) is 165. The molecule has 1 aromatic rings. The molecule has 0 aromatic heterocycles. The summed E-state index contributed by atoms with van der Waals surface area (Å²) in [6.45, 7) is 14.4. The highest BCUT2D eigenvalue weighted by Crippen LogP contribution is 2.17. The lowest BCUT2D eigenvalue weighted by atomic mass is 9.94. The number of carbonyl (C=O) groups excluding carboxylic acids is 12. The number of ether oxygens (including phenoxy) is 1. The molecule has 1 saturated heterocycles. The van der Waals surface area contributed by atoms with E-state index in [1.165, 1.54) is 13.8 Å². The van der Waals surface area contributed by atoms with Crippen molar-refractivity contribution in [3.8, 4) is 0 Å². The molecule has 1 aliphatic heterocycles. The van der Waals surface area contributed by atoms with Gasteiger partial charge in [0.05, 0.1) is 19.3 Å². The van der Waals surface area contributed by atoms with Crippen molar-refractivity contribution in [3.63, 3.8) is 0 Å². The van der Waals surface area contributed by atoms with Gasteiger partial charge < -0.3 is 84.9 Å². The highest BCUT2D eigenvalue weighted by Gasteiger charge is 2.41. The zero-order valence-electron chi connectivity index (χ0n) is 51.0. The quantitative estimate of drug-likeness (QED) is 0.0308. The van der Waals surface area contributed by atoms with E-state index in [9.17, 15) is 67.7 Å². The van der Waals surface area contributed by atoms with E-state index in [0.29, 0.717) is 25.7 Å². The first-order chi connectivity index (χ1) is 40.2. The lowest BCUT2D eigenvalue weighted by Crippen LogP contribution is -2.63. The number of nitrogens with two attached hydrogens (primary N) is 2. The van der Waals surface area contributed by atoms with Gasteiger partial charge in [0.2, 0.25) is 65.0 Å². The van der Waals surface area contributed by atoms with Crippen molar-refractivity contribution in [1.29, 1.82) is 0 Å². The summed E-state index contributed by atoms with van der Waals surface area (Å²) in [5.41, 5.74) is 12.0. The lowest BCUT2D eigenvalue weighted by molar-refractivity contribution is -0.157. The average Bonchev–Trinajstić information content (AvgIpc) is 3.68. The van der Waals surface area contributed by atoms with E-state index in [-0.39, 0.29) is 25.8 Å². The van der Waals surface area contributed by atoms with Gasteiger partial charge in [-0.1, -0.05) is 111 Å². The Labute approximate surface area is 497 Å². The van der Waals surface area contributed by atoms with Gasteiger partial charge >= 0.3 is 5.97 Å². The predicted molar refractivity (Wildman–Crippen MR) is 312 cm³/mol. The van der Waals surface area contributed by atoms with Gasteiger partial charge in [-0.05, 0) is 82.4 Å². The number of hydrogen-bond donors (Lipinski definition) is 15. The minimum absolute atomic E-state index is 0.107. The second kappa shape index (κ2) is 37.2. The van der Waals surface area contributed by atoms with Crippen molar-refractivity contribution in [3.05, 3.63) is 35.9 Å². The van der Waals surface area contributed by atoms with Crippen molar-refractivity contribution >= 4 is 70.9 Å². The second-order valence-corrected chi connectivity index (χ2v) is 21.9. The van der Waals surface area contributed by atoms with Crippen molar-refractivity contribution in [1.82, 2.24) is 58.5 Å². The molecule has 2 rings (SSSR count). The molecule has 0 bridgehead atoms. The van der Waals surface area contributed by atoms with Gasteiger partial charge in [0.1, 0.15) is 66.5 Å². The molecule has 0 radical (unpaired) electrons. The Balaban J connectivity index is 2.40. The lowest BCUT2D eigenvalue weighted by Gasteiger charge is -2.31. The van der Waals surface area contributed by atoms with E-state index < -0.39 is 193 Å². The Bertz CT molecular complexity index is 2420. The number of carbonyl (C=O) groups is 12. The van der Waals surface area contributed by atoms with E-state index in [1.54, 1.807) is 62.4 Å². The fraction of sp³-hybridized carbons (Fsp3) is 0.684. The van der Waals surface area contributed by atoms with Crippen LogP contribution in [0.1, 0.15) is 126 Å². The number of esters is 1. The fourth-order valence-corrected chi connectivity index (χ4v) is 8.92. The normalized spacial score (nSPS) is 21.5. The van der Waals surface area contributed by atoms with E-state index in [0.717, 1.165) is 5.56 Å². The first-order valence-electron chi connectivity index (χ1n) is 29.3. The maximum absolute atomic E-state index is 14.4. The summed E-state index contributed by atoms with van der Waals surface area (Å²) in [6, 6.07) is -6.13. The Kier molecular flexibility index (Phi) is 32.3. The first kappa shape index (κ1) is 73.8. The maximum atomic E-state index is 14.4. The monoisotopic (exact) mass is 1200 g/mol. The summed E-state index contributed by atoms with van der Waals surface area (Å²) < 4.78 is 5.69.